The number of aromatic nitrogens is 2. The van der Waals surface area contributed by atoms with Crippen LogP contribution in [0.5, 0.6) is 0 Å². The van der Waals surface area contributed by atoms with Crippen LogP contribution in [0, 0.1) is 6.92 Å². The van der Waals surface area contributed by atoms with E-state index in [1.807, 2.05) is 17.9 Å². The fraction of sp³-hybridized carbons (Fsp3) is 0.400. The van der Waals surface area contributed by atoms with E-state index in [1.165, 1.54) is 16.7 Å². The highest BCUT2D eigenvalue weighted by Crippen LogP contribution is 2.12. The molecule has 0 aliphatic heterocycles. The van der Waals surface area contributed by atoms with Crippen LogP contribution in [0.4, 0.5) is 0 Å². The minimum absolute atomic E-state index is 0.391. The van der Waals surface area contributed by atoms with Crippen molar-refractivity contribution >= 4 is 0 Å². The average molecular weight is 243 g/mol. The maximum Gasteiger partial charge on any atom is 0.0522 e. The third-order valence-electron chi connectivity index (χ3n) is 3.20. The summed E-state index contributed by atoms with van der Waals surface area (Å²) in [7, 11) is 1.95. The SMILES string of the molecule is Cc1ccc([C@@H](C)NCCc2cnn(C)c2)cc1. The Balaban J connectivity index is 1.81. The molecule has 96 valence electrons. The largest absolute Gasteiger partial charge is 0.310 e. The number of hydrogen-bond acceptors (Lipinski definition) is 2. The van der Waals surface area contributed by atoms with Crippen molar-refractivity contribution in [3.63, 3.8) is 0 Å². The summed E-state index contributed by atoms with van der Waals surface area (Å²) in [5, 5.41) is 7.71. The summed E-state index contributed by atoms with van der Waals surface area (Å²) in [4.78, 5) is 0. The molecule has 1 aromatic carbocycles. The molecule has 0 unspecified atom stereocenters. The van der Waals surface area contributed by atoms with E-state index in [1.54, 1.807) is 0 Å². The van der Waals surface area contributed by atoms with Crippen LogP contribution in [0.2, 0.25) is 0 Å². The molecule has 1 atom stereocenters. The minimum Gasteiger partial charge on any atom is -0.310 e. The van der Waals surface area contributed by atoms with Gasteiger partial charge in [-0.15, -0.1) is 0 Å². The summed E-state index contributed by atoms with van der Waals surface area (Å²) < 4.78 is 1.85. The first kappa shape index (κ1) is 12.8. The number of hydrogen-bond donors (Lipinski definition) is 1. The number of aryl methyl sites for hydroxylation is 2. The van der Waals surface area contributed by atoms with Crippen LogP contribution in [-0.4, -0.2) is 16.3 Å². The Morgan fingerprint density at radius 1 is 1.28 bits per heavy atom. The lowest BCUT2D eigenvalue weighted by atomic mass is 10.1. The predicted octanol–water partition coefficient (Wildman–Crippen LogP) is 2.62. The van der Waals surface area contributed by atoms with E-state index in [0.29, 0.717) is 6.04 Å². The van der Waals surface area contributed by atoms with E-state index in [9.17, 15) is 0 Å². The Bertz CT molecular complexity index is 485. The molecule has 0 saturated carbocycles. The Kier molecular flexibility index (Phi) is 4.15. The van der Waals surface area contributed by atoms with Gasteiger partial charge in [-0.05, 0) is 37.9 Å². The second-order valence-corrected chi connectivity index (χ2v) is 4.86. The fourth-order valence-corrected chi connectivity index (χ4v) is 2.01. The monoisotopic (exact) mass is 243 g/mol. The molecule has 18 heavy (non-hydrogen) atoms. The molecule has 0 aliphatic carbocycles. The molecule has 0 spiro atoms. The van der Waals surface area contributed by atoms with Gasteiger partial charge in [0.1, 0.15) is 0 Å². The van der Waals surface area contributed by atoms with E-state index in [-0.39, 0.29) is 0 Å². The van der Waals surface area contributed by atoms with Crippen LogP contribution in [0.15, 0.2) is 36.7 Å². The third kappa shape index (κ3) is 3.44. The van der Waals surface area contributed by atoms with Gasteiger partial charge in [0.05, 0.1) is 6.20 Å². The van der Waals surface area contributed by atoms with Crippen LogP contribution >= 0.6 is 0 Å². The van der Waals surface area contributed by atoms with Crippen molar-refractivity contribution in [2.45, 2.75) is 26.3 Å². The molecule has 3 nitrogen and oxygen atoms in total. The number of nitrogens with one attached hydrogen (secondary N) is 1. The molecule has 3 heteroatoms. The normalized spacial score (nSPS) is 12.6. The van der Waals surface area contributed by atoms with E-state index in [4.69, 9.17) is 0 Å². The summed E-state index contributed by atoms with van der Waals surface area (Å²) in [6, 6.07) is 9.10. The summed E-state index contributed by atoms with van der Waals surface area (Å²) in [6.07, 6.45) is 5.01. The van der Waals surface area contributed by atoms with Gasteiger partial charge in [0.2, 0.25) is 0 Å². The molecule has 1 N–H and O–H groups in total. The van der Waals surface area contributed by atoms with Gasteiger partial charge < -0.3 is 5.32 Å². The Labute approximate surface area is 109 Å². The smallest absolute Gasteiger partial charge is 0.0522 e. The van der Waals surface area contributed by atoms with Crippen LogP contribution in [0.1, 0.15) is 29.7 Å². The van der Waals surface area contributed by atoms with Crippen molar-refractivity contribution in [3.8, 4) is 0 Å². The van der Waals surface area contributed by atoms with E-state index < -0.39 is 0 Å². The molecule has 2 aromatic rings. The van der Waals surface area contributed by atoms with E-state index >= 15 is 0 Å². The summed E-state index contributed by atoms with van der Waals surface area (Å²) in [5.74, 6) is 0. The minimum atomic E-state index is 0.391. The third-order valence-corrected chi connectivity index (χ3v) is 3.20. The van der Waals surface area contributed by atoms with E-state index in [2.05, 4.69) is 54.7 Å². The van der Waals surface area contributed by atoms with Crippen molar-refractivity contribution < 1.29 is 0 Å². The maximum atomic E-state index is 4.17. The fourth-order valence-electron chi connectivity index (χ4n) is 2.01. The molecular weight excluding hydrogens is 222 g/mol. The van der Waals surface area contributed by atoms with Crippen LogP contribution in [0.3, 0.4) is 0 Å². The van der Waals surface area contributed by atoms with Gasteiger partial charge >= 0.3 is 0 Å². The Hall–Kier alpha value is -1.61. The number of benzene rings is 1. The number of nitrogens with zero attached hydrogens (tertiary/aromatic N) is 2. The molecule has 0 aliphatic rings. The zero-order valence-corrected chi connectivity index (χ0v) is 11.4. The first-order valence-electron chi connectivity index (χ1n) is 6.42. The summed E-state index contributed by atoms with van der Waals surface area (Å²) in [5.41, 5.74) is 3.93. The van der Waals surface area contributed by atoms with Crippen molar-refractivity contribution in [1.29, 1.82) is 0 Å². The zero-order chi connectivity index (χ0) is 13.0. The van der Waals surface area contributed by atoms with E-state index in [0.717, 1.165) is 13.0 Å². The molecular formula is C15H21N3. The molecule has 0 radical (unpaired) electrons. The molecule has 1 aromatic heterocycles. The van der Waals surface area contributed by atoms with Crippen molar-refractivity contribution in [1.82, 2.24) is 15.1 Å². The van der Waals surface area contributed by atoms with Gasteiger partial charge in [-0.25, -0.2) is 0 Å². The van der Waals surface area contributed by atoms with Crippen LogP contribution < -0.4 is 5.32 Å². The quantitative estimate of drug-likeness (QED) is 0.875. The molecule has 0 fully saturated rings. The Morgan fingerprint density at radius 2 is 2.00 bits per heavy atom. The molecule has 0 bridgehead atoms. The van der Waals surface area contributed by atoms with Gasteiger partial charge in [-0.1, -0.05) is 29.8 Å². The molecule has 1 heterocycles. The highest BCUT2D eigenvalue weighted by atomic mass is 15.2. The van der Waals surface area contributed by atoms with Crippen molar-refractivity contribution in [3.05, 3.63) is 53.3 Å². The molecule has 0 saturated heterocycles. The maximum absolute atomic E-state index is 4.17. The zero-order valence-electron chi connectivity index (χ0n) is 11.4. The highest BCUT2D eigenvalue weighted by molar-refractivity contribution is 5.23. The van der Waals surface area contributed by atoms with Crippen molar-refractivity contribution in [2.24, 2.45) is 7.05 Å². The summed E-state index contributed by atoms with van der Waals surface area (Å²) in [6.45, 7) is 5.29. The average Bonchev–Trinajstić information content (AvgIpc) is 2.76. The van der Waals surface area contributed by atoms with Crippen LogP contribution in [0.25, 0.3) is 0 Å². The standard InChI is InChI=1S/C15H21N3/c1-12-4-6-15(7-5-12)13(2)16-9-8-14-10-17-18(3)11-14/h4-7,10-11,13,16H,8-9H2,1-3H3/t13-/m1/s1. The van der Waals surface area contributed by atoms with Gasteiger partial charge in [0, 0.05) is 19.3 Å². The highest BCUT2D eigenvalue weighted by Gasteiger charge is 2.04. The molecule has 2 rings (SSSR count). The number of rotatable bonds is 5. The lowest BCUT2D eigenvalue weighted by Crippen LogP contribution is -2.21. The van der Waals surface area contributed by atoms with Crippen LogP contribution in [-0.2, 0) is 13.5 Å². The second-order valence-electron chi connectivity index (χ2n) is 4.86. The lowest BCUT2D eigenvalue weighted by molar-refractivity contribution is 0.576. The lowest BCUT2D eigenvalue weighted by Gasteiger charge is -2.14. The van der Waals surface area contributed by atoms with Crippen molar-refractivity contribution in [2.75, 3.05) is 6.54 Å². The van der Waals surface area contributed by atoms with Gasteiger partial charge in [-0.3, -0.25) is 4.68 Å². The van der Waals surface area contributed by atoms with Gasteiger partial charge in [-0.2, -0.15) is 5.10 Å². The summed E-state index contributed by atoms with van der Waals surface area (Å²) >= 11 is 0. The molecule has 0 amide bonds. The van der Waals surface area contributed by atoms with Gasteiger partial charge in [0.25, 0.3) is 0 Å². The first-order valence-corrected chi connectivity index (χ1v) is 6.42. The predicted molar refractivity (Wildman–Crippen MR) is 74.5 cm³/mol. The Morgan fingerprint density at radius 3 is 2.61 bits per heavy atom. The van der Waals surface area contributed by atoms with Gasteiger partial charge in [0.15, 0.2) is 0 Å². The topological polar surface area (TPSA) is 29.9 Å². The first-order chi connectivity index (χ1) is 8.65. The second kappa shape index (κ2) is 5.83.